The number of rotatable bonds is 6. The summed E-state index contributed by atoms with van der Waals surface area (Å²) in [6, 6.07) is 4.77. The number of halogens is 2. The number of ether oxygens (including phenoxy) is 1. The van der Waals surface area contributed by atoms with Gasteiger partial charge in [-0.25, -0.2) is 4.39 Å². The van der Waals surface area contributed by atoms with Crippen molar-refractivity contribution in [2.75, 3.05) is 26.3 Å². The van der Waals surface area contributed by atoms with Crippen molar-refractivity contribution in [3.05, 3.63) is 34.6 Å². The highest BCUT2D eigenvalue weighted by atomic mass is 35.5. The number of nitrogens with one attached hydrogen (secondary N) is 1. The molecule has 1 aliphatic heterocycles. The molecule has 2 rings (SSSR count). The molecule has 106 valence electrons. The lowest BCUT2D eigenvalue weighted by molar-refractivity contribution is 0.149. The van der Waals surface area contributed by atoms with E-state index in [1.165, 1.54) is 6.07 Å². The Hall–Kier alpha value is -0.640. The second-order valence-corrected chi connectivity index (χ2v) is 5.83. The molecule has 0 aromatic heterocycles. The lowest BCUT2D eigenvalue weighted by Crippen LogP contribution is -2.37. The zero-order valence-electron chi connectivity index (χ0n) is 11.3. The summed E-state index contributed by atoms with van der Waals surface area (Å²) in [7, 11) is 0. The molecular weight excluding hydrogens is 265 g/mol. The highest BCUT2D eigenvalue weighted by Crippen LogP contribution is 2.33. The van der Waals surface area contributed by atoms with Crippen molar-refractivity contribution in [3.8, 4) is 0 Å². The second-order valence-electron chi connectivity index (χ2n) is 5.39. The van der Waals surface area contributed by atoms with Crippen LogP contribution in [0.5, 0.6) is 0 Å². The Morgan fingerprint density at radius 1 is 1.47 bits per heavy atom. The predicted molar refractivity (Wildman–Crippen MR) is 76.1 cm³/mol. The molecule has 1 saturated heterocycles. The fourth-order valence-electron chi connectivity index (χ4n) is 2.60. The molecule has 4 heteroatoms. The quantitative estimate of drug-likeness (QED) is 0.809. The molecule has 1 N–H and O–H groups in total. The third-order valence-electron chi connectivity index (χ3n) is 3.68. The molecule has 0 radical (unpaired) electrons. The topological polar surface area (TPSA) is 21.3 Å². The Balaban J connectivity index is 2.09. The molecule has 0 aliphatic carbocycles. The Kier molecular flexibility index (Phi) is 5.20. The predicted octanol–water partition coefficient (Wildman–Crippen LogP) is 3.43. The number of hydrogen-bond acceptors (Lipinski definition) is 2. The molecule has 1 aliphatic rings. The minimum absolute atomic E-state index is 0.000687. The average Bonchev–Trinajstić information content (AvgIpc) is 2.83. The van der Waals surface area contributed by atoms with Gasteiger partial charge in [0.15, 0.2) is 0 Å². The van der Waals surface area contributed by atoms with Gasteiger partial charge in [0.25, 0.3) is 0 Å². The highest BCUT2D eigenvalue weighted by molar-refractivity contribution is 6.30. The summed E-state index contributed by atoms with van der Waals surface area (Å²) in [6.45, 7) is 5.44. The molecule has 1 aromatic carbocycles. The van der Waals surface area contributed by atoms with Crippen LogP contribution in [0.25, 0.3) is 0 Å². The SMILES string of the molecule is CCCNCC1(Cc2cc(Cl)ccc2F)CCOC1. The van der Waals surface area contributed by atoms with E-state index in [4.69, 9.17) is 16.3 Å². The zero-order valence-corrected chi connectivity index (χ0v) is 12.1. The lowest BCUT2D eigenvalue weighted by atomic mass is 9.80. The van der Waals surface area contributed by atoms with Gasteiger partial charge in [-0.05, 0) is 49.6 Å². The molecule has 0 spiro atoms. The Morgan fingerprint density at radius 2 is 2.32 bits per heavy atom. The molecule has 1 aromatic rings. The molecule has 1 atom stereocenters. The number of benzene rings is 1. The molecule has 0 amide bonds. The van der Waals surface area contributed by atoms with Crippen molar-refractivity contribution in [3.63, 3.8) is 0 Å². The van der Waals surface area contributed by atoms with E-state index in [2.05, 4.69) is 12.2 Å². The third kappa shape index (κ3) is 3.91. The Labute approximate surface area is 119 Å². The van der Waals surface area contributed by atoms with Crippen molar-refractivity contribution >= 4 is 11.6 Å². The van der Waals surface area contributed by atoms with E-state index in [1.807, 2.05) is 0 Å². The molecule has 0 bridgehead atoms. The number of hydrogen-bond donors (Lipinski definition) is 1. The van der Waals surface area contributed by atoms with Crippen molar-refractivity contribution < 1.29 is 9.13 Å². The Bertz CT molecular complexity index is 419. The standard InChI is InChI=1S/C15H21ClFNO/c1-2-6-18-10-15(5-7-19-11-15)9-12-8-13(16)3-4-14(12)17/h3-4,8,18H,2,5-7,9-11H2,1H3. The molecule has 1 unspecified atom stereocenters. The van der Waals surface area contributed by atoms with Crippen LogP contribution in [-0.4, -0.2) is 26.3 Å². The largest absolute Gasteiger partial charge is 0.381 e. The van der Waals surface area contributed by atoms with Gasteiger partial charge in [0.05, 0.1) is 6.61 Å². The summed E-state index contributed by atoms with van der Waals surface area (Å²) in [4.78, 5) is 0. The molecule has 2 nitrogen and oxygen atoms in total. The third-order valence-corrected chi connectivity index (χ3v) is 3.92. The van der Waals surface area contributed by atoms with Gasteiger partial charge >= 0.3 is 0 Å². The highest BCUT2D eigenvalue weighted by Gasteiger charge is 2.35. The minimum Gasteiger partial charge on any atom is -0.381 e. The summed E-state index contributed by atoms with van der Waals surface area (Å²) in [5, 5.41) is 4.03. The first kappa shape index (κ1) is 14.8. The van der Waals surface area contributed by atoms with Gasteiger partial charge in [0, 0.05) is 23.6 Å². The maximum Gasteiger partial charge on any atom is 0.126 e. The first-order chi connectivity index (χ1) is 9.15. The lowest BCUT2D eigenvalue weighted by Gasteiger charge is -2.28. The molecule has 0 saturated carbocycles. The van der Waals surface area contributed by atoms with Gasteiger partial charge in [-0.15, -0.1) is 0 Å². The van der Waals surface area contributed by atoms with E-state index in [0.717, 1.165) is 32.5 Å². The van der Waals surface area contributed by atoms with Crippen LogP contribution in [0, 0.1) is 11.2 Å². The monoisotopic (exact) mass is 285 g/mol. The van der Waals surface area contributed by atoms with Gasteiger partial charge in [-0.1, -0.05) is 18.5 Å². The van der Waals surface area contributed by atoms with Crippen LogP contribution < -0.4 is 5.32 Å². The average molecular weight is 286 g/mol. The fourth-order valence-corrected chi connectivity index (χ4v) is 2.80. The summed E-state index contributed by atoms with van der Waals surface area (Å²) in [5.74, 6) is -0.175. The molecule has 1 heterocycles. The molecule has 19 heavy (non-hydrogen) atoms. The minimum atomic E-state index is -0.175. The van der Waals surface area contributed by atoms with Gasteiger partial charge in [0.2, 0.25) is 0 Å². The van der Waals surface area contributed by atoms with Gasteiger partial charge in [-0.2, -0.15) is 0 Å². The van der Waals surface area contributed by atoms with E-state index >= 15 is 0 Å². The smallest absolute Gasteiger partial charge is 0.126 e. The maximum atomic E-state index is 13.9. The van der Waals surface area contributed by atoms with Crippen LogP contribution in [0.2, 0.25) is 5.02 Å². The summed E-state index contributed by atoms with van der Waals surface area (Å²) in [6.07, 6.45) is 2.74. The van der Waals surface area contributed by atoms with Crippen LogP contribution in [-0.2, 0) is 11.2 Å². The van der Waals surface area contributed by atoms with E-state index in [9.17, 15) is 4.39 Å². The molecule has 1 fully saturated rings. The van der Waals surface area contributed by atoms with E-state index < -0.39 is 0 Å². The van der Waals surface area contributed by atoms with E-state index in [-0.39, 0.29) is 11.2 Å². The van der Waals surface area contributed by atoms with Crippen molar-refractivity contribution in [2.45, 2.75) is 26.2 Å². The molecular formula is C15H21ClFNO. The van der Waals surface area contributed by atoms with Crippen molar-refractivity contribution in [1.29, 1.82) is 0 Å². The van der Waals surface area contributed by atoms with Gasteiger partial charge < -0.3 is 10.1 Å². The second kappa shape index (κ2) is 6.69. The van der Waals surface area contributed by atoms with Gasteiger partial charge in [-0.3, -0.25) is 0 Å². The zero-order chi connectivity index (χ0) is 13.7. The van der Waals surface area contributed by atoms with Crippen molar-refractivity contribution in [2.24, 2.45) is 5.41 Å². The summed E-state index contributed by atoms with van der Waals surface area (Å²) < 4.78 is 19.4. The van der Waals surface area contributed by atoms with Crippen LogP contribution in [0.3, 0.4) is 0 Å². The van der Waals surface area contributed by atoms with Crippen LogP contribution in [0.4, 0.5) is 4.39 Å². The van der Waals surface area contributed by atoms with Crippen LogP contribution >= 0.6 is 11.6 Å². The summed E-state index contributed by atoms with van der Waals surface area (Å²) >= 11 is 5.96. The first-order valence-corrected chi connectivity index (χ1v) is 7.25. The first-order valence-electron chi connectivity index (χ1n) is 6.88. The van der Waals surface area contributed by atoms with E-state index in [1.54, 1.807) is 12.1 Å². The maximum absolute atomic E-state index is 13.9. The van der Waals surface area contributed by atoms with Crippen LogP contribution in [0.1, 0.15) is 25.3 Å². The Morgan fingerprint density at radius 3 is 3.00 bits per heavy atom. The van der Waals surface area contributed by atoms with Crippen molar-refractivity contribution in [1.82, 2.24) is 5.32 Å². The van der Waals surface area contributed by atoms with E-state index in [0.29, 0.717) is 23.6 Å². The normalized spacial score (nSPS) is 22.9. The van der Waals surface area contributed by atoms with Gasteiger partial charge in [0.1, 0.15) is 5.82 Å². The van der Waals surface area contributed by atoms with Crippen LogP contribution in [0.15, 0.2) is 18.2 Å². The summed E-state index contributed by atoms with van der Waals surface area (Å²) in [5.41, 5.74) is 0.692. The fraction of sp³-hybridized carbons (Fsp3) is 0.600.